The quantitative estimate of drug-likeness (QED) is 0.213. The summed E-state index contributed by atoms with van der Waals surface area (Å²) < 4.78 is 20.2. The van der Waals surface area contributed by atoms with Crippen molar-refractivity contribution in [3.8, 4) is 0 Å². The highest BCUT2D eigenvalue weighted by Gasteiger charge is 2.56. The number of hydrogen-bond acceptors (Lipinski definition) is 8. The fourth-order valence-corrected chi connectivity index (χ4v) is 8.28. The Balaban J connectivity index is 1.36. The van der Waals surface area contributed by atoms with E-state index in [1.807, 2.05) is 0 Å². The van der Waals surface area contributed by atoms with E-state index in [0.29, 0.717) is 26.2 Å². The number of halogens is 2. The molecule has 3 unspecified atom stereocenters. The Morgan fingerprint density at radius 1 is 0.955 bits per heavy atom. The van der Waals surface area contributed by atoms with Gasteiger partial charge in [-0.15, -0.1) is 0 Å². The maximum atomic E-state index is 14.0. The number of hydrogen-bond donors (Lipinski definition) is 1. The normalized spacial score (nSPS) is 19.0. The van der Waals surface area contributed by atoms with Crippen LogP contribution in [-0.2, 0) is 25.7 Å². The molecule has 224 valence electrons. The van der Waals surface area contributed by atoms with Crippen molar-refractivity contribution in [3.05, 3.63) is 109 Å². The summed E-state index contributed by atoms with van der Waals surface area (Å²) in [5, 5.41) is 2.72. The summed E-state index contributed by atoms with van der Waals surface area (Å²) in [4.78, 5) is 67.4. The first-order valence-corrected chi connectivity index (χ1v) is 15.6. The second-order valence-electron chi connectivity index (χ2n) is 10.1. The molecule has 13 heteroatoms. The number of benzene rings is 3. The standard InChI is InChI=1S/C31H23ClFN3O6S2/c1-2-42-30(40)17-5-13-21(14-6-17)36-27(38)24-23(16-3-9-19(33)10-4-16)26-29(43-25(24)28(36)39)35(31(41)44-26)15-22(37)34-20-11-7-18(32)8-12-20/h3-14,23-25H,2,15H2,1H3,(H,34,37). The first-order chi connectivity index (χ1) is 21.2. The number of aromatic nitrogens is 1. The molecule has 0 spiro atoms. The summed E-state index contributed by atoms with van der Waals surface area (Å²) in [6.45, 7) is 1.57. The predicted molar refractivity (Wildman–Crippen MR) is 165 cm³/mol. The zero-order chi connectivity index (χ0) is 31.1. The SMILES string of the molecule is CCOC(=O)c1ccc(N2C(=O)C3Sc4c(sc(=O)n4CC(=O)Nc4ccc(Cl)cc4)C(c4ccc(F)cc4)C3C2=O)cc1. The largest absolute Gasteiger partial charge is 0.462 e. The van der Waals surface area contributed by atoms with Gasteiger partial charge in [0.05, 0.1) is 28.8 Å². The van der Waals surface area contributed by atoms with E-state index in [1.54, 1.807) is 31.2 Å². The van der Waals surface area contributed by atoms with E-state index >= 15 is 0 Å². The smallest absolute Gasteiger partial charge is 0.338 e. The van der Waals surface area contributed by atoms with E-state index in [1.165, 1.54) is 53.1 Å². The van der Waals surface area contributed by atoms with Crippen molar-refractivity contribution in [1.82, 2.24) is 4.57 Å². The first-order valence-electron chi connectivity index (χ1n) is 13.5. The zero-order valence-electron chi connectivity index (χ0n) is 23.0. The minimum absolute atomic E-state index is 0.201. The molecule has 1 fully saturated rings. The highest BCUT2D eigenvalue weighted by atomic mass is 35.5. The number of thioether (sulfide) groups is 1. The number of imide groups is 1. The lowest BCUT2D eigenvalue weighted by Gasteiger charge is -2.30. The molecule has 0 bridgehead atoms. The Hall–Kier alpha value is -4.26. The molecule has 1 N–H and O–H groups in total. The topological polar surface area (TPSA) is 115 Å². The maximum absolute atomic E-state index is 14.0. The molecule has 3 amide bonds. The molecule has 2 aliphatic rings. The van der Waals surface area contributed by atoms with Gasteiger partial charge in [0.2, 0.25) is 17.7 Å². The van der Waals surface area contributed by atoms with Crippen molar-refractivity contribution in [3.63, 3.8) is 0 Å². The van der Waals surface area contributed by atoms with Gasteiger partial charge in [0.15, 0.2) is 0 Å². The van der Waals surface area contributed by atoms with E-state index in [0.717, 1.165) is 28.0 Å². The van der Waals surface area contributed by atoms with Gasteiger partial charge in [-0.25, -0.2) is 14.1 Å². The highest BCUT2D eigenvalue weighted by Crippen LogP contribution is 2.53. The molecule has 0 radical (unpaired) electrons. The highest BCUT2D eigenvalue weighted by molar-refractivity contribution is 8.00. The number of rotatable bonds is 7. The Morgan fingerprint density at radius 2 is 1.64 bits per heavy atom. The Labute approximate surface area is 263 Å². The summed E-state index contributed by atoms with van der Waals surface area (Å²) >= 11 is 7.89. The molecule has 1 aromatic heterocycles. The number of nitrogens with zero attached hydrogens (tertiary/aromatic N) is 2. The molecule has 0 aliphatic carbocycles. The van der Waals surface area contributed by atoms with Crippen molar-refractivity contribution in [2.45, 2.75) is 29.7 Å². The number of carbonyl (C=O) groups excluding carboxylic acids is 4. The number of thiazole rings is 1. The summed E-state index contributed by atoms with van der Waals surface area (Å²) in [7, 11) is 0. The van der Waals surface area contributed by atoms with E-state index < -0.39 is 51.5 Å². The maximum Gasteiger partial charge on any atom is 0.338 e. The van der Waals surface area contributed by atoms with E-state index in [4.69, 9.17) is 16.3 Å². The Morgan fingerprint density at radius 3 is 2.30 bits per heavy atom. The Bertz CT molecular complexity index is 1840. The molecular formula is C31H23ClFN3O6S2. The molecule has 3 aromatic carbocycles. The average Bonchev–Trinajstić information content (AvgIpc) is 3.45. The van der Waals surface area contributed by atoms with Gasteiger partial charge in [-0.1, -0.05) is 46.8 Å². The van der Waals surface area contributed by atoms with Gasteiger partial charge in [-0.2, -0.15) is 0 Å². The number of nitrogens with one attached hydrogen (secondary N) is 1. The van der Waals surface area contributed by atoms with Crippen LogP contribution in [0.25, 0.3) is 0 Å². The average molecular weight is 652 g/mol. The van der Waals surface area contributed by atoms with Crippen LogP contribution in [0.3, 0.4) is 0 Å². The third-order valence-corrected chi connectivity index (χ3v) is 10.2. The molecule has 0 saturated carbocycles. The van der Waals surface area contributed by atoms with Crippen LogP contribution in [0, 0.1) is 11.7 Å². The second-order valence-corrected chi connectivity index (χ2v) is 12.6. The molecule has 1 saturated heterocycles. The fraction of sp³-hybridized carbons (Fsp3) is 0.194. The van der Waals surface area contributed by atoms with Crippen LogP contribution >= 0.6 is 34.7 Å². The van der Waals surface area contributed by atoms with Crippen LogP contribution in [0.4, 0.5) is 15.8 Å². The van der Waals surface area contributed by atoms with Gasteiger partial charge in [0.1, 0.15) is 17.6 Å². The summed E-state index contributed by atoms with van der Waals surface area (Å²) in [6.07, 6.45) is 0. The summed E-state index contributed by atoms with van der Waals surface area (Å²) in [6, 6.07) is 18.1. The third kappa shape index (κ3) is 5.44. The van der Waals surface area contributed by atoms with Crippen LogP contribution in [0.2, 0.25) is 5.02 Å². The van der Waals surface area contributed by atoms with Gasteiger partial charge < -0.3 is 10.1 Å². The molecule has 2 aliphatic heterocycles. The minimum Gasteiger partial charge on any atom is -0.462 e. The van der Waals surface area contributed by atoms with E-state index in [-0.39, 0.29) is 24.4 Å². The van der Waals surface area contributed by atoms with Crippen molar-refractivity contribution in [2.24, 2.45) is 5.92 Å². The molecule has 4 aromatic rings. The monoisotopic (exact) mass is 651 g/mol. The molecule has 3 heterocycles. The van der Waals surface area contributed by atoms with Gasteiger partial charge >= 0.3 is 10.8 Å². The number of esters is 1. The molecule has 3 atom stereocenters. The molecule has 44 heavy (non-hydrogen) atoms. The molecule has 6 rings (SSSR count). The number of ether oxygens (including phenoxy) is 1. The summed E-state index contributed by atoms with van der Waals surface area (Å²) in [5.41, 5.74) is 1.61. The third-order valence-electron chi connectivity index (χ3n) is 7.34. The lowest BCUT2D eigenvalue weighted by molar-refractivity contribution is -0.122. The Kier molecular flexibility index (Phi) is 8.14. The van der Waals surface area contributed by atoms with E-state index in [9.17, 15) is 28.4 Å². The van der Waals surface area contributed by atoms with Crippen LogP contribution in [0.1, 0.15) is 33.6 Å². The lowest BCUT2D eigenvalue weighted by atomic mass is 9.83. The van der Waals surface area contributed by atoms with Crippen LogP contribution in [0.15, 0.2) is 82.6 Å². The number of carbonyl (C=O) groups is 4. The number of amides is 3. The van der Waals surface area contributed by atoms with Crippen LogP contribution < -0.4 is 15.1 Å². The van der Waals surface area contributed by atoms with Crippen molar-refractivity contribution < 1.29 is 28.3 Å². The fourth-order valence-electron chi connectivity index (χ4n) is 5.38. The lowest BCUT2D eigenvalue weighted by Crippen LogP contribution is -2.33. The minimum atomic E-state index is -0.922. The van der Waals surface area contributed by atoms with Gasteiger partial charge in [-0.05, 0) is 73.2 Å². The van der Waals surface area contributed by atoms with Crippen LogP contribution in [0.5, 0.6) is 0 Å². The first kappa shape index (κ1) is 29.8. The molecule has 9 nitrogen and oxygen atoms in total. The van der Waals surface area contributed by atoms with Gasteiger partial charge in [0.25, 0.3) is 0 Å². The molecular weight excluding hydrogens is 629 g/mol. The van der Waals surface area contributed by atoms with E-state index in [2.05, 4.69) is 5.32 Å². The van der Waals surface area contributed by atoms with Gasteiger partial charge in [0, 0.05) is 21.5 Å². The van der Waals surface area contributed by atoms with Crippen molar-refractivity contribution in [2.75, 3.05) is 16.8 Å². The second kappa shape index (κ2) is 12.0. The number of anilines is 2. The number of fused-ring (bicyclic) bond motifs is 2. The van der Waals surface area contributed by atoms with Gasteiger partial charge in [-0.3, -0.25) is 23.7 Å². The zero-order valence-corrected chi connectivity index (χ0v) is 25.4. The van der Waals surface area contributed by atoms with Crippen LogP contribution in [-0.4, -0.2) is 40.1 Å². The summed E-state index contributed by atoms with van der Waals surface area (Å²) in [5.74, 6) is -4.08. The predicted octanol–water partition coefficient (Wildman–Crippen LogP) is 5.31. The van der Waals surface area contributed by atoms with Crippen molar-refractivity contribution >= 4 is 69.8 Å². The van der Waals surface area contributed by atoms with Crippen molar-refractivity contribution in [1.29, 1.82) is 0 Å².